The topological polar surface area (TPSA) is 244 Å². The zero-order chi connectivity index (χ0) is 34.4. The van der Waals surface area contributed by atoms with Crippen molar-refractivity contribution in [3.63, 3.8) is 0 Å². The van der Waals surface area contributed by atoms with Gasteiger partial charge in [0.2, 0.25) is 0 Å². The first-order valence-corrected chi connectivity index (χ1v) is 16.7. The van der Waals surface area contributed by atoms with Gasteiger partial charge >= 0.3 is 59.1 Å². The molecule has 6 rings (SSSR count). The van der Waals surface area contributed by atoms with E-state index in [2.05, 4.69) is 21.7 Å². The van der Waals surface area contributed by atoms with Crippen molar-refractivity contribution in [3.8, 4) is 11.1 Å². The number of benzene rings is 2. The van der Waals surface area contributed by atoms with E-state index in [4.69, 9.17) is 10.8 Å². The molecule has 6 N–H and O–H groups in total. The summed E-state index contributed by atoms with van der Waals surface area (Å²) in [5.74, 6) is -1.44. The Hall–Kier alpha value is -3.94. The molecule has 4 aliphatic carbocycles. The van der Waals surface area contributed by atoms with E-state index in [1.807, 2.05) is 24.3 Å². The van der Waals surface area contributed by atoms with Crippen LogP contribution in [0.3, 0.4) is 0 Å². The fraction of sp³-hybridized carbons (Fsp3) is 0. The maximum atomic E-state index is 12.7. The standard InChI is InChI=1S/C32H24N6O8S2.2Na/c33-25-11-5-19-13-23(47(41,42)43)15-27(39)29(19)31(25)37-35-21-7-1-17(2-8-21)18-3-9-22(10-4-18)36-38-32-26(34)12-6-20-14-24(48(44,45)46)16-28(40)30(20)32;;/h1-16,33-38H,(H,41,42,43)(H,44,45,46);;/q;2*+1/p-2. The summed E-state index contributed by atoms with van der Waals surface area (Å²) in [5, 5.41) is 16.5. The third kappa shape index (κ3) is 8.16. The molecule has 18 heteroatoms. The van der Waals surface area contributed by atoms with Crippen molar-refractivity contribution in [2.75, 3.05) is 10.9 Å². The second kappa shape index (κ2) is 15.1. The van der Waals surface area contributed by atoms with Crippen LogP contribution in [0.25, 0.3) is 11.1 Å². The minimum atomic E-state index is -4.83. The molecule has 4 aliphatic rings. The van der Waals surface area contributed by atoms with Crippen molar-refractivity contribution in [2.24, 2.45) is 0 Å². The van der Waals surface area contributed by atoms with E-state index in [-0.39, 0.29) is 104 Å². The molecule has 0 saturated carbocycles. The normalized spacial score (nSPS) is 16.9. The zero-order valence-corrected chi connectivity index (χ0v) is 32.0. The van der Waals surface area contributed by atoms with E-state index in [1.54, 1.807) is 24.3 Å². The van der Waals surface area contributed by atoms with Crippen molar-refractivity contribution >= 4 is 54.6 Å². The van der Waals surface area contributed by atoms with Crippen LogP contribution in [0.1, 0.15) is 0 Å². The number of nitrogens with one attached hydrogen (secondary N) is 6. The van der Waals surface area contributed by atoms with E-state index in [0.29, 0.717) is 11.4 Å². The van der Waals surface area contributed by atoms with Gasteiger partial charge in [-0.2, -0.15) is 0 Å². The molecule has 242 valence electrons. The second-order valence-electron chi connectivity index (χ2n) is 10.6. The number of fused-ring (bicyclic) bond motifs is 2. The van der Waals surface area contributed by atoms with Crippen molar-refractivity contribution in [1.29, 1.82) is 10.8 Å². The first kappa shape index (κ1) is 38.9. The fourth-order valence-corrected chi connectivity index (χ4v) is 6.16. The van der Waals surface area contributed by atoms with Gasteiger partial charge in [0.25, 0.3) is 0 Å². The number of anilines is 2. The first-order valence-electron chi connectivity index (χ1n) is 13.8. The van der Waals surface area contributed by atoms with Crippen LogP contribution in [0.15, 0.2) is 141 Å². The summed E-state index contributed by atoms with van der Waals surface area (Å²) in [6.07, 6.45) is 9.20. The van der Waals surface area contributed by atoms with E-state index < -0.39 is 41.6 Å². The van der Waals surface area contributed by atoms with Gasteiger partial charge in [-0.1, -0.05) is 36.4 Å². The van der Waals surface area contributed by atoms with Crippen LogP contribution in [-0.2, 0) is 29.8 Å². The minimum absolute atomic E-state index is 0. The number of carbonyl (C=O) groups is 2. The maximum absolute atomic E-state index is 12.7. The van der Waals surface area contributed by atoms with Crippen molar-refractivity contribution in [2.45, 2.75) is 0 Å². The molecule has 0 aliphatic heterocycles. The molecule has 0 amide bonds. The predicted molar refractivity (Wildman–Crippen MR) is 175 cm³/mol. The number of hydrogen-bond donors (Lipinski definition) is 6. The molecule has 0 unspecified atom stereocenters. The minimum Gasteiger partial charge on any atom is -0.744 e. The summed E-state index contributed by atoms with van der Waals surface area (Å²) >= 11 is 0. The average molecular weight is 729 g/mol. The Balaban J connectivity index is 0.00000281. The fourth-order valence-electron chi connectivity index (χ4n) is 5.11. The third-order valence-electron chi connectivity index (χ3n) is 7.45. The van der Waals surface area contributed by atoms with Crippen LogP contribution < -0.4 is 80.8 Å². The smallest absolute Gasteiger partial charge is 0.744 e. The first-order chi connectivity index (χ1) is 22.7. The van der Waals surface area contributed by atoms with E-state index in [1.165, 1.54) is 24.3 Å². The Bertz CT molecular complexity index is 2170. The Labute approximate surface area is 330 Å². The van der Waals surface area contributed by atoms with Crippen LogP contribution >= 0.6 is 0 Å². The Morgan fingerprint density at radius 2 is 0.840 bits per heavy atom. The van der Waals surface area contributed by atoms with E-state index >= 15 is 0 Å². The van der Waals surface area contributed by atoms with E-state index in [0.717, 1.165) is 35.4 Å². The van der Waals surface area contributed by atoms with Gasteiger partial charge in [-0.05, 0) is 70.8 Å². The van der Waals surface area contributed by atoms with Crippen LogP contribution in [0.5, 0.6) is 0 Å². The van der Waals surface area contributed by atoms with Gasteiger partial charge in [-0.3, -0.25) is 31.3 Å². The monoisotopic (exact) mass is 728 g/mol. The molecule has 0 spiro atoms. The van der Waals surface area contributed by atoms with Gasteiger partial charge < -0.3 is 20.0 Å². The molecule has 0 atom stereocenters. The maximum Gasteiger partial charge on any atom is 1.00 e. The Kier molecular flexibility index (Phi) is 11.8. The number of carbonyl (C=O) groups excluding carboxylic acids is 2. The van der Waals surface area contributed by atoms with Crippen LogP contribution in [0.4, 0.5) is 11.4 Å². The molecule has 0 saturated heterocycles. The summed E-state index contributed by atoms with van der Waals surface area (Å²) in [6.45, 7) is 0. The van der Waals surface area contributed by atoms with Gasteiger partial charge in [-0.15, -0.1) is 0 Å². The predicted octanol–water partition coefficient (Wildman–Crippen LogP) is -3.24. The van der Waals surface area contributed by atoms with Crippen LogP contribution in [0, 0.1) is 10.8 Å². The second-order valence-corrected chi connectivity index (χ2v) is 13.3. The van der Waals surface area contributed by atoms with E-state index in [9.17, 15) is 35.5 Å². The molecule has 50 heavy (non-hydrogen) atoms. The SMILES string of the molecule is N=C1C=CC2=CC(S(=O)(=O)[O-])=CC(=O)C2=C1NNc1ccc(-c2ccc(NNC3=C4C(=O)C=C(S(=O)(=O)[O-])C=C4C=CC3=N)cc2)cc1.[Na+].[Na+]. The number of allylic oxidation sites excluding steroid dienone is 12. The van der Waals surface area contributed by atoms with Crippen LogP contribution in [-0.4, -0.2) is 48.9 Å². The molecule has 2 aromatic carbocycles. The van der Waals surface area contributed by atoms with Gasteiger partial charge in [-0.25, -0.2) is 16.8 Å². The Morgan fingerprint density at radius 1 is 0.500 bits per heavy atom. The van der Waals surface area contributed by atoms with Crippen molar-refractivity contribution in [3.05, 3.63) is 141 Å². The van der Waals surface area contributed by atoms with Gasteiger partial charge in [0.15, 0.2) is 11.6 Å². The molecular weight excluding hydrogens is 706 g/mol. The summed E-state index contributed by atoms with van der Waals surface area (Å²) in [6, 6.07) is 14.3. The zero-order valence-electron chi connectivity index (χ0n) is 26.3. The molecular formula is C32H22N6Na2O8S2. The summed E-state index contributed by atoms with van der Waals surface area (Å²) in [5.41, 5.74) is 15.1. The molecule has 14 nitrogen and oxygen atoms in total. The molecule has 2 aromatic rings. The number of hydrogen-bond acceptors (Lipinski definition) is 14. The number of ketones is 2. The van der Waals surface area contributed by atoms with Crippen molar-refractivity contribution < 1.29 is 94.6 Å². The molecule has 0 aromatic heterocycles. The number of hydrazine groups is 2. The largest absolute Gasteiger partial charge is 1.00 e. The molecule has 0 heterocycles. The third-order valence-corrected chi connectivity index (χ3v) is 9.08. The average Bonchev–Trinajstić information content (AvgIpc) is 3.03. The quantitative estimate of drug-likeness (QED) is 0.0848. The summed E-state index contributed by atoms with van der Waals surface area (Å²) < 4.78 is 68.5. The molecule has 0 bridgehead atoms. The molecule has 0 fully saturated rings. The molecule has 0 radical (unpaired) electrons. The van der Waals surface area contributed by atoms with Crippen LogP contribution in [0.2, 0.25) is 0 Å². The van der Waals surface area contributed by atoms with Gasteiger partial charge in [0.1, 0.15) is 20.2 Å². The van der Waals surface area contributed by atoms with Gasteiger partial charge in [0, 0.05) is 12.2 Å². The summed E-state index contributed by atoms with van der Waals surface area (Å²) in [4.78, 5) is 24.1. The van der Waals surface area contributed by atoms with Crippen molar-refractivity contribution in [1.82, 2.24) is 10.9 Å². The summed E-state index contributed by atoms with van der Waals surface area (Å²) in [7, 11) is -9.67. The number of rotatable bonds is 9. The van der Waals surface area contributed by atoms with Gasteiger partial charge in [0.05, 0.1) is 55.1 Å². The Morgan fingerprint density at radius 3 is 1.16 bits per heavy atom.